The molecule has 1 rings (SSSR count). The van der Waals surface area contributed by atoms with Crippen LogP contribution in [-0.2, 0) is 6.61 Å². The SMILES string of the molecule is O=[N+]([O-])c1c(CO)ncc(C(F)F)c1I. The fraction of sp³-hybridized carbons (Fsp3) is 0.286. The van der Waals surface area contributed by atoms with E-state index >= 15 is 0 Å². The molecule has 0 aliphatic carbocycles. The van der Waals surface area contributed by atoms with Crippen molar-refractivity contribution in [2.45, 2.75) is 13.0 Å². The van der Waals surface area contributed by atoms with Crippen LogP contribution in [0.4, 0.5) is 14.5 Å². The Morgan fingerprint density at radius 3 is 2.67 bits per heavy atom. The highest BCUT2D eigenvalue weighted by molar-refractivity contribution is 14.1. The van der Waals surface area contributed by atoms with Crippen molar-refractivity contribution in [3.05, 3.63) is 31.1 Å². The summed E-state index contributed by atoms with van der Waals surface area (Å²) in [6, 6.07) is 0. The van der Waals surface area contributed by atoms with Crippen LogP contribution in [0.3, 0.4) is 0 Å². The average molecular weight is 330 g/mol. The van der Waals surface area contributed by atoms with Gasteiger partial charge in [0.05, 0.1) is 17.1 Å². The predicted molar refractivity (Wildman–Crippen MR) is 54.5 cm³/mol. The number of rotatable bonds is 3. The Hall–Kier alpha value is -0.900. The lowest BCUT2D eigenvalue weighted by Gasteiger charge is -2.05. The number of alkyl halides is 2. The standard InChI is InChI=1S/C7H5F2IN2O3/c8-7(9)3-1-11-4(2-13)6(5(3)10)12(14)15/h1,7,13H,2H2. The Morgan fingerprint density at radius 1 is 1.67 bits per heavy atom. The molecule has 0 atom stereocenters. The fourth-order valence-corrected chi connectivity index (χ4v) is 1.86. The summed E-state index contributed by atoms with van der Waals surface area (Å²) in [5.41, 5.74) is -1.27. The molecule has 1 aromatic rings. The van der Waals surface area contributed by atoms with Crippen LogP contribution in [0.2, 0.25) is 0 Å². The summed E-state index contributed by atoms with van der Waals surface area (Å²) >= 11 is 1.45. The van der Waals surface area contributed by atoms with Gasteiger partial charge in [-0.2, -0.15) is 0 Å². The number of hydrogen-bond acceptors (Lipinski definition) is 4. The van der Waals surface area contributed by atoms with Gasteiger partial charge in [0.25, 0.3) is 6.43 Å². The van der Waals surface area contributed by atoms with Crippen molar-refractivity contribution in [1.82, 2.24) is 4.98 Å². The number of aromatic nitrogens is 1. The normalized spacial score (nSPS) is 10.7. The zero-order valence-electron chi connectivity index (χ0n) is 7.15. The second-order valence-corrected chi connectivity index (χ2v) is 3.62. The van der Waals surface area contributed by atoms with E-state index < -0.39 is 29.2 Å². The van der Waals surface area contributed by atoms with Crippen LogP contribution in [0.15, 0.2) is 6.20 Å². The van der Waals surface area contributed by atoms with Crippen molar-refractivity contribution in [3.8, 4) is 0 Å². The van der Waals surface area contributed by atoms with Gasteiger partial charge in [0.2, 0.25) is 0 Å². The highest BCUT2D eigenvalue weighted by Gasteiger charge is 2.25. The molecule has 0 bridgehead atoms. The highest BCUT2D eigenvalue weighted by atomic mass is 127. The van der Waals surface area contributed by atoms with Gasteiger partial charge in [-0.25, -0.2) is 8.78 Å². The predicted octanol–water partition coefficient (Wildman–Crippen LogP) is 2.02. The van der Waals surface area contributed by atoms with E-state index in [-0.39, 0.29) is 9.26 Å². The molecule has 0 aliphatic rings. The third-order valence-corrected chi connectivity index (χ3v) is 2.80. The number of pyridine rings is 1. The third kappa shape index (κ3) is 2.37. The largest absolute Gasteiger partial charge is 0.390 e. The molecule has 0 aliphatic heterocycles. The molecule has 15 heavy (non-hydrogen) atoms. The quantitative estimate of drug-likeness (QED) is 0.523. The van der Waals surface area contributed by atoms with Gasteiger partial charge in [0.15, 0.2) is 0 Å². The molecule has 0 saturated carbocycles. The maximum Gasteiger partial charge on any atom is 0.306 e. The van der Waals surface area contributed by atoms with Crippen LogP contribution in [0, 0.1) is 13.7 Å². The molecule has 0 fully saturated rings. The van der Waals surface area contributed by atoms with E-state index in [2.05, 4.69) is 4.98 Å². The number of halogens is 3. The van der Waals surface area contributed by atoms with Gasteiger partial charge in [0, 0.05) is 6.20 Å². The van der Waals surface area contributed by atoms with Crippen molar-refractivity contribution in [1.29, 1.82) is 0 Å². The zero-order valence-corrected chi connectivity index (χ0v) is 9.31. The van der Waals surface area contributed by atoms with Crippen molar-refractivity contribution in [2.75, 3.05) is 0 Å². The molecule has 0 unspecified atom stereocenters. The highest BCUT2D eigenvalue weighted by Crippen LogP contribution is 2.32. The Balaban J connectivity index is 3.42. The molecule has 0 spiro atoms. The molecular weight excluding hydrogens is 325 g/mol. The molecule has 1 N–H and O–H groups in total. The number of nitro groups is 1. The first kappa shape index (κ1) is 12.2. The molecule has 0 saturated heterocycles. The van der Waals surface area contributed by atoms with Gasteiger partial charge in [0.1, 0.15) is 9.26 Å². The van der Waals surface area contributed by atoms with Crippen molar-refractivity contribution in [3.63, 3.8) is 0 Å². The van der Waals surface area contributed by atoms with E-state index in [1.165, 1.54) is 22.6 Å². The van der Waals surface area contributed by atoms with Crippen molar-refractivity contribution in [2.24, 2.45) is 0 Å². The van der Waals surface area contributed by atoms with Gasteiger partial charge in [-0.3, -0.25) is 15.1 Å². The van der Waals surface area contributed by atoms with Crippen molar-refractivity contribution >= 4 is 28.3 Å². The van der Waals surface area contributed by atoms with Gasteiger partial charge in [-0.1, -0.05) is 0 Å². The van der Waals surface area contributed by atoms with Gasteiger partial charge in [-0.05, 0) is 22.6 Å². The summed E-state index contributed by atoms with van der Waals surface area (Å²) < 4.78 is 24.6. The first-order valence-electron chi connectivity index (χ1n) is 3.69. The van der Waals surface area contributed by atoms with Crippen LogP contribution in [0.25, 0.3) is 0 Å². The maximum atomic E-state index is 12.4. The summed E-state index contributed by atoms with van der Waals surface area (Å²) in [6.45, 7) is -0.657. The van der Waals surface area contributed by atoms with Crippen molar-refractivity contribution < 1.29 is 18.8 Å². The maximum absolute atomic E-state index is 12.4. The lowest BCUT2D eigenvalue weighted by atomic mass is 10.2. The molecule has 5 nitrogen and oxygen atoms in total. The Labute approximate surface area is 96.4 Å². The minimum Gasteiger partial charge on any atom is -0.390 e. The van der Waals surface area contributed by atoms with E-state index in [0.29, 0.717) is 0 Å². The van der Waals surface area contributed by atoms with E-state index in [1.807, 2.05) is 0 Å². The minimum atomic E-state index is -2.82. The first-order valence-corrected chi connectivity index (χ1v) is 4.77. The molecule has 0 radical (unpaired) electrons. The first-order chi connectivity index (χ1) is 6.99. The fourth-order valence-electron chi connectivity index (χ4n) is 0.982. The molecule has 8 heteroatoms. The van der Waals surface area contributed by atoms with E-state index in [0.717, 1.165) is 6.20 Å². The van der Waals surface area contributed by atoms with E-state index in [9.17, 15) is 18.9 Å². The van der Waals surface area contributed by atoms with Gasteiger partial charge in [-0.15, -0.1) is 0 Å². The lowest BCUT2D eigenvalue weighted by molar-refractivity contribution is -0.387. The zero-order chi connectivity index (χ0) is 11.6. The molecule has 1 aromatic heterocycles. The Bertz CT molecular complexity index is 400. The van der Waals surface area contributed by atoms with Crippen LogP contribution >= 0.6 is 22.6 Å². The summed E-state index contributed by atoms with van der Waals surface area (Å²) in [7, 11) is 0. The van der Waals surface area contributed by atoms with Crippen LogP contribution in [-0.4, -0.2) is 15.0 Å². The molecule has 0 amide bonds. The number of aliphatic hydroxyl groups is 1. The van der Waals surface area contributed by atoms with E-state index in [1.54, 1.807) is 0 Å². The van der Waals surface area contributed by atoms with Crippen LogP contribution < -0.4 is 0 Å². The lowest BCUT2D eigenvalue weighted by Crippen LogP contribution is -2.04. The van der Waals surface area contributed by atoms with Crippen LogP contribution in [0.1, 0.15) is 17.7 Å². The van der Waals surface area contributed by atoms with E-state index in [4.69, 9.17) is 5.11 Å². The Morgan fingerprint density at radius 2 is 2.27 bits per heavy atom. The van der Waals surface area contributed by atoms with Gasteiger partial charge < -0.3 is 5.11 Å². The van der Waals surface area contributed by atoms with Crippen LogP contribution in [0.5, 0.6) is 0 Å². The minimum absolute atomic E-state index is 0.188. The molecule has 0 aromatic carbocycles. The third-order valence-electron chi connectivity index (χ3n) is 1.66. The summed E-state index contributed by atoms with van der Waals surface area (Å²) in [5.74, 6) is 0. The number of hydrogen-bond donors (Lipinski definition) is 1. The smallest absolute Gasteiger partial charge is 0.306 e. The second kappa shape index (κ2) is 4.75. The second-order valence-electron chi connectivity index (χ2n) is 2.54. The summed E-state index contributed by atoms with van der Waals surface area (Å²) in [4.78, 5) is 13.2. The van der Waals surface area contributed by atoms with Gasteiger partial charge >= 0.3 is 5.69 Å². The Kier molecular flexibility index (Phi) is 3.85. The summed E-state index contributed by atoms with van der Waals surface area (Å²) in [6.07, 6.45) is -1.99. The number of nitrogens with zero attached hydrogens (tertiary/aromatic N) is 2. The monoisotopic (exact) mass is 330 g/mol. The summed E-state index contributed by atoms with van der Waals surface area (Å²) in [5, 5.41) is 19.3. The molecular formula is C7H5F2IN2O3. The molecule has 1 heterocycles. The average Bonchev–Trinajstić information content (AvgIpc) is 2.15. The topological polar surface area (TPSA) is 76.3 Å². The molecule has 82 valence electrons. The number of aliphatic hydroxyl groups excluding tert-OH is 1.